The van der Waals surface area contributed by atoms with Crippen molar-refractivity contribution < 1.29 is 9.53 Å². The molecule has 1 N–H and O–H groups in total. The van der Waals surface area contributed by atoms with E-state index in [0.717, 1.165) is 24.4 Å². The normalized spacial score (nSPS) is 12.0. The molecule has 0 heterocycles. The van der Waals surface area contributed by atoms with Crippen molar-refractivity contribution >= 4 is 5.91 Å². The maximum Gasteiger partial charge on any atom is 0.263 e. The minimum atomic E-state index is -0.454. The molecule has 1 aromatic carbocycles. The van der Waals surface area contributed by atoms with Gasteiger partial charge >= 0.3 is 0 Å². The summed E-state index contributed by atoms with van der Waals surface area (Å²) in [5, 5.41) is 3.27. The number of nitrogens with one attached hydrogen (secondary N) is 1. The van der Waals surface area contributed by atoms with Crippen molar-refractivity contribution in [1.82, 2.24) is 10.2 Å². The van der Waals surface area contributed by atoms with Gasteiger partial charge in [-0.3, -0.25) is 4.79 Å². The first-order valence-corrected chi connectivity index (χ1v) is 7.37. The Kier molecular flexibility index (Phi) is 7.09. The molecule has 0 fully saturated rings. The molecular weight excluding hydrogens is 252 g/mol. The van der Waals surface area contributed by atoms with E-state index in [4.69, 9.17) is 4.74 Å². The molecular formula is C16H26N2O2. The summed E-state index contributed by atoms with van der Waals surface area (Å²) in [6, 6.07) is 7.87. The van der Waals surface area contributed by atoms with Gasteiger partial charge in [-0.2, -0.15) is 0 Å². The van der Waals surface area contributed by atoms with Crippen LogP contribution in [0.4, 0.5) is 0 Å². The van der Waals surface area contributed by atoms with Crippen molar-refractivity contribution in [3.8, 4) is 5.75 Å². The van der Waals surface area contributed by atoms with Crippen LogP contribution < -0.4 is 10.1 Å². The molecule has 4 nitrogen and oxygen atoms in total. The molecule has 0 aliphatic heterocycles. The maximum atomic E-state index is 12.2. The van der Waals surface area contributed by atoms with Gasteiger partial charge in [0.25, 0.3) is 5.91 Å². The molecule has 0 aliphatic carbocycles. The molecule has 1 atom stereocenters. The molecule has 1 aromatic rings. The van der Waals surface area contributed by atoms with E-state index in [1.54, 1.807) is 11.8 Å². The highest BCUT2D eigenvalue weighted by Crippen LogP contribution is 2.15. The smallest absolute Gasteiger partial charge is 0.263 e. The van der Waals surface area contributed by atoms with Crippen molar-refractivity contribution in [3.05, 3.63) is 29.8 Å². The van der Waals surface area contributed by atoms with Gasteiger partial charge in [0, 0.05) is 19.6 Å². The van der Waals surface area contributed by atoms with Gasteiger partial charge in [0.15, 0.2) is 6.10 Å². The van der Waals surface area contributed by atoms with Crippen LogP contribution in [-0.4, -0.2) is 36.5 Å². The Morgan fingerprint density at radius 2 is 2.00 bits per heavy atom. The van der Waals surface area contributed by atoms with E-state index >= 15 is 0 Å². The fraction of sp³-hybridized carbons (Fsp3) is 0.562. The van der Waals surface area contributed by atoms with Gasteiger partial charge in [-0.15, -0.1) is 0 Å². The molecule has 112 valence electrons. The summed E-state index contributed by atoms with van der Waals surface area (Å²) in [7, 11) is 0. The van der Waals surface area contributed by atoms with Crippen LogP contribution >= 0.6 is 0 Å². The van der Waals surface area contributed by atoms with Crippen LogP contribution in [0.5, 0.6) is 5.75 Å². The molecule has 1 unspecified atom stereocenters. The minimum Gasteiger partial charge on any atom is -0.481 e. The lowest BCUT2D eigenvalue weighted by Crippen LogP contribution is -2.40. The number of carbonyl (C=O) groups is 1. The van der Waals surface area contributed by atoms with Crippen LogP contribution in [0, 0.1) is 0 Å². The molecule has 0 aliphatic rings. The Morgan fingerprint density at radius 1 is 1.30 bits per heavy atom. The number of rotatable bonds is 8. The van der Waals surface area contributed by atoms with Crippen LogP contribution in [0.3, 0.4) is 0 Å². The summed E-state index contributed by atoms with van der Waals surface area (Å²) >= 11 is 0. The van der Waals surface area contributed by atoms with Gasteiger partial charge < -0.3 is 15.0 Å². The average molecular weight is 278 g/mol. The lowest BCUT2D eigenvalue weighted by molar-refractivity contribution is -0.137. The number of amides is 1. The van der Waals surface area contributed by atoms with Gasteiger partial charge in [0.2, 0.25) is 0 Å². The third-order valence-electron chi connectivity index (χ3n) is 3.21. The van der Waals surface area contributed by atoms with Crippen molar-refractivity contribution in [2.24, 2.45) is 0 Å². The highest BCUT2D eigenvalue weighted by Gasteiger charge is 2.19. The molecule has 0 radical (unpaired) electrons. The summed E-state index contributed by atoms with van der Waals surface area (Å²) in [5.41, 5.74) is 1.16. The number of ether oxygens (including phenoxy) is 1. The SMILES string of the molecule is CCNCc1cccc(OC(C)C(=O)N(CC)CC)c1. The predicted octanol–water partition coefficient (Wildman–Crippen LogP) is 2.43. The summed E-state index contributed by atoms with van der Waals surface area (Å²) in [4.78, 5) is 13.9. The molecule has 4 heteroatoms. The maximum absolute atomic E-state index is 12.2. The standard InChI is InChI=1S/C16H26N2O2/c1-5-17-12-14-9-8-10-15(11-14)20-13(4)16(19)18(6-2)7-3/h8-11,13,17H,5-7,12H2,1-4H3. The van der Waals surface area contributed by atoms with E-state index in [0.29, 0.717) is 13.1 Å². The number of benzene rings is 1. The van der Waals surface area contributed by atoms with Crippen molar-refractivity contribution in [2.45, 2.75) is 40.3 Å². The predicted molar refractivity (Wildman–Crippen MR) is 81.8 cm³/mol. The highest BCUT2D eigenvalue weighted by molar-refractivity contribution is 5.80. The fourth-order valence-corrected chi connectivity index (χ4v) is 2.05. The van der Waals surface area contributed by atoms with Gasteiger partial charge in [0.1, 0.15) is 5.75 Å². The lowest BCUT2D eigenvalue weighted by atomic mass is 10.2. The number of nitrogens with zero attached hydrogens (tertiary/aromatic N) is 1. The molecule has 0 saturated carbocycles. The first-order valence-electron chi connectivity index (χ1n) is 7.37. The molecule has 0 aromatic heterocycles. The Labute approximate surface area is 122 Å². The third-order valence-corrected chi connectivity index (χ3v) is 3.21. The van der Waals surface area contributed by atoms with E-state index in [2.05, 4.69) is 12.2 Å². The Bertz CT molecular complexity index is 417. The zero-order valence-corrected chi connectivity index (χ0v) is 13.0. The first-order chi connectivity index (χ1) is 9.62. The van der Waals surface area contributed by atoms with E-state index in [-0.39, 0.29) is 5.91 Å². The second-order valence-corrected chi connectivity index (χ2v) is 4.70. The van der Waals surface area contributed by atoms with Crippen molar-refractivity contribution in [2.75, 3.05) is 19.6 Å². The summed E-state index contributed by atoms with van der Waals surface area (Å²) < 4.78 is 5.76. The molecule has 1 amide bonds. The Balaban J connectivity index is 2.65. The molecule has 0 saturated heterocycles. The van der Waals surface area contributed by atoms with Gasteiger partial charge in [0.05, 0.1) is 0 Å². The first kappa shape index (κ1) is 16.5. The zero-order chi connectivity index (χ0) is 15.0. The van der Waals surface area contributed by atoms with Gasteiger partial charge in [-0.25, -0.2) is 0 Å². The van der Waals surface area contributed by atoms with Gasteiger partial charge in [-0.05, 0) is 45.0 Å². The van der Waals surface area contributed by atoms with Crippen LogP contribution in [0.15, 0.2) is 24.3 Å². The summed E-state index contributed by atoms with van der Waals surface area (Å²) in [5.74, 6) is 0.778. The quantitative estimate of drug-likeness (QED) is 0.794. The van der Waals surface area contributed by atoms with Crippen molar-refractivity contribution in [1.29, 1.82) is 0 Å². The van der Waals surface area contributed by atoms with Crippen LogP contribution in [0.2, 0.25) is 0 Å². The monoisotopic (exact) mass is 278 g/mol. The molecule has 1 rings (SSSR count). The topological polar surface area (TPSA) is 41.6 Å². The van der Waals surface area contributed by atoms with Crippen molar-refractivity contribution in [3.63, 3.8) is 0 Å². The molecule has 20 heavy (non-hydrogen) atoms. The van der Waals surface area contributed by atoms with E-state index in [1.165, 1.54) is 0 Å². The highest BCUT2D eigenvalue weighted by atomic mass is 16.5. The summed E-state index contributed by atoms with van der Waals surface area (Å²) in [6.45, 7) is 11.0. The molecule has 0 bridgehead atoms. The molecule has 0 spiro atoms. The number of hydrogen-bond donors (Lipinski definition) is 1. The largest absolute Gasteiger partial charge is 0.481 e. The van der Waals surface area contributed by atoms with Gasteiger partial charge in [-0.1, -0.05) is 19.1 Å². The number of likely N-dealkylation sites (N-methyl/N-ethyl adjacent to an activating group) is 1. The number of carbonyl (C=O) groups excluding carboxylic acids is 1. The average Bonchev–Trinajstić information content (AvgIpc) is 2.46. The van der Waals surface area contributed by atoms with Crippen LogP contribution in [-0.2, 0) is 11.3 Å². The zero-order valence-electron chi connectivity index (χ0n) is 13.0. The van der Waals surface area contributed by atoms with E-state index in [9.17, 15) is 4.79 Å². The Hall–Kier alpha value is -1.55. The minimum absolute atomic E-state index is 0.0343. The van der Waals surface area contributed by atoms with Crippen LogP contribution in [0.1, 0.15) is 33.3 Å². The van der Waals surface area contributed by atoms with E-state index < -0.39 is 6.10 Å². The fourth-order valence-electron chi connectivity index (χ4n) is 2.05. The van der Waals surface area contributed by atoms with E-state index in [1.807, 2.05) is 38.1 Å². The Morgan fingerprint density at radius 3 is 2.60 bits per heavy atom. The lowest BCUT2D eigenvalue weighted by Gasteiger charge is -2.23. The summed E-state index contributed by atoms with van der Waals surface area (Å²) in [6.07, 6.45) is -0.454. The van der Waals surface area contributed by atoms with Crippen LogP contribution in [0.25, 0.3) is 0 Å². The third kappa shape index (κ3) is 4.85. The second-order valence-electron chi connectivity index (χ2n) is 4.70. The second kappa shape index (κ2) is 8.59. The number of hydrogen-bond acceptors (Lipinski definition) is 3.